The maximum atomic E-state index is 14.2. The Hall–Kier alpha value is -3.43. The van der Waals surface area contributed by atoms with Crippen LogP contribution in [0.3, 0.4) is 0 Å². The highest BCUT2D eigenvalue weighted by atomic mass is 31.2. The van der Waals surface area contributed by atoms with Crippen molar-refractivity contribution in [3.8, 4) is 22.6 Å². The van der Waals surface area contributed by atoms with E-state index in [2.05, 4.69) is 5.09 Å². The summed E-state index contributed by atoms with van der Waals surface area (Å²) in [7, 11) is -5.00. The van der Waals surface area contributed by atoms with Crippen molar-refractivity contribution in [3.05, 3.63) is 83.7 Å². The molecule has 0 amide bonds. The van der Waals surface area contributed by atoms with Gasteiger partial charge in [-0.05, 0) is 44.0 Å². The summed E-state index contributed by atoms with van der Waals surface area (Å²) in [6, 6.07) is 13.5. The molecule has 0 aliphatic rings. The van der Waals surface area contributed by atoms with Gasteiger partial charge in [0.05, 0.1) is 6.10 Å². The highest BCUT2D eigenvalue weighted by molar-refractivity contribution is 7.52. The second-order valence-electron chi connectivity index (χ2n) is 7.81. The molecule has 3 aromatic carbocycles. The maximum Gasteiger partial charge on any atom is 0.513 e. The molecular weight excluding hydrogens is 508 g/mol. The van der Waals surface area contributed by atoms with Crippen molar-refractivity contribution in [1.29, 1.82) is 0 Å². The molecule has 6 nitrogen and oxygen atoms in total. The van der Waals surface area contributed by atoms with Crippen LogP contribution in [0.2, 0.25) is 0 Å². The number of carbonyl (C=O) groups excluding carboxylic acids is 1. The van der Waals surface area contributed by atoms with Crippen LogP contribution in [-0.4, -0.2) is 18.1 Å². The number of esters is 1. The molecule has 0 radical (unpaired) electrons. The third-order valence-electron chi connectivity index (χ3n) is 4.63. The minimum atomic E-state index is -5.00. The van der Waals surface area contributed by atoms with Gasteiger partial charge in [0.25, 0.3) is 0 Å². The molecule has 0 bridgehead atoms. The molecule has 1 unspecified atom stereocenters. The summed E-state index contributed by atoms with van der Waals surface area (Å²) < 4.78 is 97.8. The van der Waals surface area contributed by atoms with Gasteiger partial charge in [-0.2, -0.15) is 13.9 Å². The van der Waals surface area contributed by atoms with Crippen LogP contribution in [-0.2, 0) is 14.1 Å². The quantitative estimate of drug-likeness (QED) is 0.112. The summed E-state index contributed by atoms with van der Waals surface area (Å²) in [6.07, 6.45) is -0.566. The second-order valence-corrected chi connectivity index (χ2v) is 9.42. The van der Waals surface area contributed by atoms with Gasteiger partial charge in [-0.1, -0.05) is 42.5 Å². The first-order chi connectivity index (χ1) is 16.9. The van der Waals surface area contributed by atoms with E-state index in [4.69, 9.17) is 13.8 Å². The molecule has 3 aromatic rings. The molecule has 0 saturated heterocycles. The normalized spacial score (nSPS) is 13.7. The molecule has 192 valence electrons. The first kappa shape index (κ1) is 27.2. The Morgan fingerprint density at radius 1 is 0.750 bits per heavy atom. The highest BCUT2D eigenvalue weighted by Gasteiger charge is 2.38. The van der Waals surface area contributed by atoms with E-state index in [9.17, 15) is 31.3 Å². The number of hydrogen-bond acceptors (Lipinski definition) is 5. The van der Waals surface area contributed by atoms with E-state index in [0.717, 1.165) is 11.1 Å². The summed E-state index contributed by atoms with van der Waals surface area (Å²) in [5, 5.41) is 2.11. The Balaban J connectivity index is 1.96. The fourth-order valence-electron chi connectivity index (χ4n) is 2.96. The zero-order valence-corrected chi connectivity index (χ0v) is 20.1. The van der Waals surface area contributed by atoms with Crippen molar-refractivity contribution >= 4 is 13.7 Å². The van der Waals surface area contributed by atoms with Crippen LogP contribution < -0.4 is 14.1 Å². The van der Waals surface area contributed by atoms with Gasteiger partial charge < -0.3 is 13.8 Å². The zero-order chi connectivity index (χ0) is 26.6. The lowest BCUT2D eigenvalue weighted by Gasteiger charge is -2.24. The molecule has 12 heteroatoms. The van der Waals surface area contributed by atoms with Crippen molar-refractivity contribution in [2.75, 3.05) is 0 Å². The summed E-state index contributed by atoms with van der Waals surface area (Å²) in [5.74, 6) is -14.7. The van der Waals surface area contributed by atoms with E-state index in [1.165, 1.54) is 19.1 Å². The number of ether oxygens (including phenoxy) is 1. The summed E-state index contributed by atoms with van der Waals surface area (Å²) in [4.78, 5) is 12.2. The third-order valence-corrected chi connectivity index (χ3v) is 6.20. The molecule has 36 heavy (non-hydrogen) atoms. The van der Waals surface area contributed by atoms with Crippen LogP contribution >= 0.6 is 7.75 Å². The Morgan fingerprint density at radius 3 is 1.78 bits per heavy atom. The van der Waals surface area contributed by atoms with Gasteiger partial charge in [0.1, 0.15) is 11.8 Å². The molecule has 0 heterocycles. The lowest BCUT2D eigenvalue weighted by atomic mass is 10.1. The summed E-state index contributed by atoms with van der Waals surface area (Å²) >= 11 is 0. The molecular formula is C24H21F5NO5P. The predicted molar refractivity (Wildman–Crippen MR) is 121 cm³/mol. The van der Waals surface area contributed by atoms with Gasteiger partial charge in [0, 0.05) is 0 Å². The summed E-state index contributed by atoms with van der Waals surface area (Å²) in [5.41, 5.74) is 1.58. The van der Waals surface area contributed by atoms with E-state index in [-0.39, 0.29) is 5.75 Å². The smallest absolute Gasteiger partial charge is 0.462 e. The van der Waals surface area contributed by atoms with Crippen LogP contribution in [0.4, 0.5) is 22.0 Å². The first-order valence-corrected chi connectivity index (χ1v) is 12.1. The number of hydrogen-bond donors (Lipinski definition) is 1. The number of benzene rings is 3. The highest BCUT2D eigenvalue weighted by Crippen LogP contribution is 2.48. The molecule has 0 aliphatic carbocycles. The van der Waals surface area contributed by atoms with Crippen LogP contribution in [0.15, 0.2) is 54.6 Å². The number of rotatable bonds is 9. The fraction of sp³-hybridized carbons (Fsp3) is 0.208. The molecule has 0 fully saturated rings. The van der Waals surface area contributed by atoms with Crippen LogP contribution in [0.25, 0.3) is 11.1 Å². The number of carbonyl (C=O) groups is 1. The van der Waals surface area contributed by atoms with E-state index in [1.807, 2.05) is 30.3 Å². The van der Waals surface area contributed by atoms with Crippen molar-refractivity contribution in [1.82, 2.24) is 5.09 Å². The van der Waals surface area contributed by atoms with Gasteiger partial charge in [0.2, 0.25) is 34.8 Å². The van der Waals surface area contributed by atoms with E-state index >= 15 is 0 Å². The van der Waals surface area contributed by atoms with Gasteiger partial charge in [-0.15, -0.1) is 0 Å². The topological polar surface area (TPSA) is 73.9 Å². The van der Waals surface area contributed by atoms with Gasteiger partial charge >= 0.3 is 13.7 Å². The van der Waals surface area contributed by atoms with Crippen LogP contribution in [0.5, 0.6) is 11.5 Å². The molecule has 0 aromatic heterocycles. The average molecular weight is 529 g/mol. The average Bonchev–Trinajstić information content (AvgIpc) is 2.85. The maximum absolute atomic E-state index is 14.2. The largest absolute Gasteiger partial charge is 0.513 e. The lowest BCUT2D eigenvalue weighted by molar-refractivity contribution is -0.149. The predicted octanol–water partition coefficient (Wildman–Crippen LogP) is 6.54. The Labute approximate surface area is 203 Å². The van der Waals surface area contributed by atoms with Crippen molar-refractivity contribution < 1.29 is 45.1 Å². The zero-order valence-electron chi connectivity index (χ0n) is 19.2. The van der Waals surface area contributed by atoms with E-state index in [0.29, 0.717) is 0 Å². The van der Waals surface area contributed by atoms with E-state index < -0.39 is 60.7 Å². The van der Waals surface area contributed by atoms with Gasteiger partial charge in [-0.3, -0.25) is 4.79 Å². The van der Waals surface area contributed by atoms with E-state index in [1.54, 1.807) is 26.0 Å². The number of nitrogens with one attached hydrogen (secondary N) is 1. The minimum absolute atomic E-state index is 0.154. The first-order valence-electron chi connectivity index (χ1n) is 10.6. The van der Waals surface area contributed by atoms with Crippen LogP contribution in [0, 0.1) is 29.1 Å². The molecule has 0 spiro atoms. The van der Waals surface area contributed by atoms with Crippen molar-refractivity contribution in [3.63, 3.8) is 0 Å². The Bertz CT molecular complexity index is 1260. The monoisotopic (exact) mass is 529 g/mol. The summed E-state index contributed by atoms with van der Waals surface area (Å²) in [6.45, 7) is 4.27. The molecule has 2 atom stereocenters. The number of halogens is 5. The molecule has 0 aliphatic heterocycles. The Morgan fingerprint density at radius 2 is 1.25 bits per heavy atom. The lowest BCUT2D eigenvalue weighted by Crippen LogP contribution is -2.37. The van der Waals surface area contributed by atoms with Gasteiger partial charge in [0.15, 0.2) is 0 Å². The molecule has 3 rings (SSSR count). The Kier molecular flexibility index (Phi) is 8.37. The second kappa shape index (κ2) is 11.1. The van der Waals surface area contributed by atoms with Crippen molar-refractivity contribution in [2.45, 2.75) is 32.9 Å². The SMILES string of the molecule is CC(C)OC(=O)C(C)N[P@](=O)(Oc1ccc(-c2ccccc2)cc1)Oc1c(F)c(F)c(F)c(F)c1F. The third kappa shape index (κ3) is 6.22. The standard InChI is InChI=1S/C24H21F5NO5P/c1-13(2)33-24(31)14(3)30-36(32,35-23-21(28)19(26)18(25)20(27)22(23)29)34-17-11-9-16(10-12-17)15-7-5-4-6-8-15/h4-14H,1-3H3,(H,30,32)/t14?,36-/m0/s1. The molecule has 0 saturated carbocycles. The van der Waals surface area contributed by atoms with Crippen molar-refractivity contribution in [2.24, 2.45) is 0 Å². The van der Waals surface area contributed by atoms with Crippen LogP contribution in [0.1, 0.15) is 20.8 Å². The van der Waals surface area contributed by atoms with Gasteiger partial charge in [-0.25, -0.2) is 17.7 Å². The molecule has 1 N–H and O–H groups in total. The fourth-order valence-corrected chi connectivity index (χ4v) is 4.48. The minimum Gasteiger partial charge on any atom is -0.462 e.